The molecule has 0 atom stereocenters. The lowest BCUT2D eigenvalue weighted by Gasteiger charge is -2.22. The van der Waals surface area contributed by atoms with Crippen LogP contribution >= 0.6 is 11.6 Å². The van der Waals surface area contributed by atoms with Crippen molar-refractivity contribution < 1.29 is 14.6 Å². The number of hydrogen-bond donors (Lipinski definition) is 2. The number of rotatable bonds is 5. The number of carbonyl (C=O) groups is 1. The average molecular weight is 314 g/mol. The third-order valence-electron chi connectivity index (χ3n) is 2.65. The van der Waals surface area contributed by atoms with Gasteiger partial charge in [-0.05, 0) is 59.2 Å². The molecular formula is C16H24ClNO3. The van der Waals surface area contributed by atoms with Crippen LogP contribution in [0.25, 0.3) is 0 Å². The number of anilines is 1. The molecule has 118 valence electrons. The highest BCUT2D eigenvalue weighted by atomic mass is 35.5. The SMILES string of the molecule is CC(C)(O)CCNc1ccc(Cl)cc1C(=O)OC(C)(C)C. The molecule has 0 saturated heterocycles. The second kappa shape index (κ2) is 6.67. The zero-order valence-electron chi connectivity index (χ0n) is 13.3. The lowest BCUT2D eigenvalue weighted by molar-refractivity contribution is 0.00707. The van der Waals surface area contributed by atoms with Crippen molar-refractivity contribution in [1.82, 2.24) is 0 Å². The molecule has 0 amide bonds. The Morgan fingerprint density at radius 3 is 2.43 bits per heavy atom. The van der Waals surface area contributed by atoms with E-state index in [0.29, 0.717) is 29.2 Å². The monoisotopic (exact) mass is 313 g/mol. The van der Waals surface area contributed by atoms with Crippen molar-refractivity contribution >= 4 is 23.3 Å². The first-order chi connectivity index (χ1) is 9.48. The zero-order chi connectivity index (χ0) is 16.3. The van der Waals surface area contributed by atoms with E-state index in [-0.39, 0.29) is 0 Å². The fourth-order valence-corrected chi connectivity index (χ4v) is 1.85. The van der Waals surface area contributed by atoms with Gasteiger partial charge >= 0.3 is 5.97 Å². The van der Waals surface area contributed by atoms with Gasteiger partial charge in [0.1, 0.15) is 5.60 Å². The molecule has 1 aromatic rings. The van der Waals surface area contributed by atoms with E-state index in [0.717, 1.165) is 0 Å². The Hall–Kier alpha value is -1.26. The second-order valence-electron chi connectivity index (χ2n) is 6.68. The van der Waals surface area contributed by atoms with Crippen LogP contribution in [0, 0.1) is 0 Å². The fraction of sp³-hybridized carbons (Fsp3) is 0.562. The Kier molecular flexibility index (Phi) is 5.65. The summed E-state index contributed by atoms with van der Waals surface area (Å²) in [5.41, 5.74) is -0.277. The second-order valence-corrected chi connectivity index (χ2v) is 7.12. The molecule has 1 aromatic carbocycles. The van der Waals surface area contributed by atoms with Gasteiger partial charge in [-0.25, -0.2) is 4.79 Å². The van der Waals surface area contributed by atoms with Crippen LogP contribution in [-0.4, -0.2) is 28.8 Å². The van der Waals surface area contributed by atoms with Crippen LogP contribution in [-0.2, 0) is 4.74 Å². The number of hydrogen-bond acceptors (Lipinski definition) is 4. The minimum absolute atomic E-state index is 0.396. The Labute approximate surface area is 131 Å². The third-order valence-corrected chi connectivity index (χ3v) is 2.89. The maximum Gasteiger partial charge on any atom is 0.340 e. The maximum absolute atomic E-state index is 12.2. The molecular weight excluding hydrogens is 290 g/mol. The number of carbonyl (C=O) groups excluding carboxylic acids is 1. The maximum atomic E-state index is 12.2. The molecule has 0 unspecified atom stereocenters. The normalized spacial score (nSPS) is 12.1. The van der Waals surface area contributed by atoms with Gasteiger partial charge in [0.05, 0.1) is 11.2 Å². The highest BCUT2D eigenvalue weighted by Crippen LogP contribution is 2.24. The van der Waals surface area contributed by atoms with Gasteiger partial charge in [-0.3, -0.25) is 0 Å². The quantitative estimate of drug-likeness (QED) is 0.810. The topological polar surface area (TPSA) is 58.6 Å². The number of esters is 1. The molecule has 0 radical (unpaired) electrons. The van der Waals surface area contributed by atoms with Crippen molar-refractivity contribution in [3.63, 3.8) is 0 Å². The van der Waals surface area contributed by atoms with Gasteiger partial charge in [-0.2, -0.15) is 0 Å². The van der Waals surface area contributed by atoms with Gasteiger partial charge in [0.2, 0.25) is 0 Å². The molecule has 1 rings (SSSR count). The van der Waals surface area contributed by atoms with Crippen LogP contribution < -0.4 is 5.32 Å². The van der Waals surface area contributed by atoms with Crippen molar-refractivity contribution in [2.45, 2.75) is 52.2 Å². The standard InChI is InChI=1S/C16H24ClNO3/c1-15(2,3)21-14(19)12-10-11(17)6-7-13(12)18-9-8-16(4,5)20/h6-7,10,18,20H,8-9H2,1-5H3. The fourth-order valence-electron chi connectivity index (χ4n) is 1.68. The van der Waals surface area contributed by atoms with Crippen LogP contribution in [0.4, 0.5) is 5.69 Å². The minimum Gasteiger partial charge on any atom is -0.456 e. The summed E-state index contributed by atoms with van der Waals surface area (Å²) in [5.74, 6) is -0.421. The lowest BCUT2D eigenvalue weighted by Crippen LogP contribution is -2.25. The van der Waals surface area contributed by atoms with Crippen molar-refractivity contribution in [2.24, 2.45) is 0 Å². The van der Waals surface area contributed by atoms with Gasteiger partial charge in [0.25, 0.3) is 0 Å². The number of halogens is 1. The third kappa shape index (κ3) is 6.82. The van der Waals surface area contributed by atoms with Crippen molar-refractivity contribution in [3.05, 3.63) is 28.8 Å². The Morgan fingerprint density at radius 1 is 1.29 bits per heavy atom. The smallest absolute Gasteiger partial charge is 0.340 e. The van der Waals surface area contributed by atoms with Gasteiger partial charge in [0.15, 0.2) is 0 Å². The largest absolute Gasteiger partial charge is 0.456 e. The molecule has 5 heteroatoms. The van der Waals surface area contributed by atoms with Crippen molar-refractivity contribution in [1.29, 1.82) is 0 Å². The van der Waals surface area contributed by atoms with Crippen LogP contribution in [0.1, 0.15) is 51.4 Å². The molecule has 0 aliphatic carbocycles. The van der Waals surface area contributed by atoms with Crippen molar-refractivity contribution in [2.75, 3.05) is 11.9 Å². The molecule has 0 aliphatic rings. The van der Waals surface area contributed by atoms with E-state index in [4.69, 9.17) is 16.3 Å². The van der Waals surface area contributed by atoms with E-state index >= 15 is 0 Å². The number of nitrogens with one attached hydrogen (secondary N) is 1. The number of ether oxygens (including phenoxy) is 1. The summed E-state index contributed by atoms with van der Waals surface area (Å²) in [7, 11) is 0. The first kappa shape index (κ1) is 17.8. The zero-order valence-corrected chi connectivity index (χ0v) is 14.0. The van der Waals surface area contributed by atoms with E-state index < -0.39 is 17.2 Å². The Balaban J connectivity index is 2.87. The van der Waals surface area contributed by atoms with Gasteiger partial charge < -0.3 is 15.2 Å². The van der Waals surface area contributed by atoms with E-state index in [1.807, 2.05) is 20.8 Å². The predicted molar refractivity (Wildman–Crippen MR) is 86.0 cm³/mol. The predicted octanol–water partition coefficient (Wildman–Crippen LogP) is 3.87. The molecule has 21 heavy (non-hydrogen) atoms. The summed E-state index contributed by atoms with van der Waals surface area (Å²) in [6.07, 6.45) is 0.559. The van der Waals surface area contributed by atoms with E-state index in [9.17, 15) is 9.90 Å². The highest BCUT2D eigenvalue weighted by Gasteiger charge is 2.21. The van der Waals surface area contributed by atoms with Crippen LogP contribution in [0.15, 0.2) is 18.2 Å². The summed E-state index contributed by atoms with van der Waals surface area (Å²) < 4.78 is 5.38. The molecule has 0 heterocycles. The first-order valence-electron chi connectivity index (χ1n) is 6.97. The molecule has 0 spiro atoms. The Morgan fingerprint density at radius 2 is 1.90 bits per heavy atom. The summed E-state index contributed by atoms with van der Waals surface area (Å²) in [5, 5.41) is 13.3. The van der Waals surface area contributed by atoms with E-state index in [1.165, 1.54) is 0 Å². The lowest BCUT2D eigenvalue weighted by atomic mass is 10.1. The summed E-state index contributed by atoms with van der Waals surface area (Å²) in [6, 6.07) is 5.04. The van der Waals surface area contributed by atoms with Gasteiger partial charge in [-0.15, -0.1) is 0 Å². The van der Waals surface area contributed by atoms with Crippen LogP contribution in [0.2, 0.25) is 5.02 Å². The van der Waals surface area contributed by atoms with Crippen LogP contribution in [0.3, 0.4) is 0 Å². The van der Waals surface area contributed by atoms with E-state index in [2.05, 4.69) is 5.32 Å². The Bertz CT molecular complexity index is 501. The molecule has 0 bridgehead atoms. The number of aliphatic hydroxyl groups is 1. The summed E-state index contributed by atoms with van der Waals surface area (Å²) in [6.45, 7) is 9.47. The molecule has 4 nitrogen and oxygen atoms in total. The molecule has 0 fully saturated rings. The number of benzene rings is 1. The average Bonchev–Trinajstić information content (AvgIpc) is 2.27. The first-order valence-corrected chi connectivity index (χ1v) is 7.35. The highest BCUT2D eigenvalue weighted by molar-refractivity contribution is 6.31. The van der Waals surface area contributed by atoms with Gasteiger partial charge in [0, 0.05) is 17.3 Å². The summed E-state index contributed by atoms with van der Waals surface area (Å²) >= 11 is 5.96. The van der Waals surface area contributed by atoms with Gasteiger partial charge in [-0.1, -0.05) is 11.6 Å². The molecule has 0 saturated carbocycles. The molecule has 0 aromatic heterocycles. The molecule has 0 aliphatic heterocycles. The van der Waals surface area contributed by atoms with Crippen molar-refractivity contribution in [3.8, 4) is 0 Å². The minimum atomic E-state index is -0.758. The van der Waals surface area contributed by atoms with E-state index in [1.54, 1.807) is 32.0 Å². The van der Waals surface area contributed by atoms with Crippen LogP contribution in [0.5, 0.6) is 0 Å². The molecule has 2 N–H and O–H groups in total. The summed E-state index contributed by atoms with van der Waals surface area (Å²) in [4.78, 5) is 12.2.